The van der Waals surface area contributed by atoms with Gasteiger partial charge in [0.15, 0.2) is 0 Å². The molecule has 0 saturated heterocycles. The van der Waals surface area contributed by atoms with E-state index in [1.165, 1.54) is 16.7 Å². The van der Waals surface area contributed by atoms with Crippen LogP contribution >= 0.6 is 11.8 Å². The largest absolute Gasteiger partial charge is 0.323 e. The fourth-order valence-electron chi connectivity index (χ4n) is 3.43. The third kappa shape index (κ3) is 3.51. The zero-order valence-corrected chi connectivity index (χ0v) is 16.3. The second kappa shape index (κ2) is 7.87. The minimum atomic E-state index is -0.318. The molecule has 4 aromatic rings. The summed E-state index contributed by atoms with van der Waals surface area (Å²) in [4.78, 5) is 18.8. The number of benzene rings is 3. The molecule has 1 aromatic heterocycles. The van der Waals surface area contributed by atoms with Gasteiger partial charge in [-0.2, -0.15) is 0 Å². The lowest BCUT2D eigenvalue weighted by Crippen LogP contribution is -2.12. The number of amides is 1. The van der Waals surface area contributed by atoms with Crippen LogP contribution in [0.1, 0.15) is 28.7 Å². The molecule has 0 aliphatic heterocycles. The summed E-state index contributed by atoms with van der Waals surface area (Å²) in [6.07, 6.45) is 0.813. The molecular formula is C23H20ClN3O. The van der Waals surface area contributed by atoms with Gasteiger partial charge in [0, 0.05) is 30.3 Å². The SMILES string of the molecule is CCc1nc2ccc(C(=O)NCl)cc2n1Cc1ccc(-c2ccccc2)cc1. The van der Waals surface area contributed by atoms with Gasteiger partial charge in [0.1, 0.15) is 5.82 Å². The van der Waals surface area contributed by atoms with Crippen LogP contribution < -0.4 is 4.84 Å². The Labute approximate surface area is 168 Å². The molecule has 0 aliphatic carbocycles. The Hall–Kier alpha value is -3.11. The van der Waals surface area contributed by atoms with Crippen LogP contribution in [0.4, 0.5) is 0 Å². The molecule has 0 aliphatic rings. The molecule has 1 amide bonds. The smallest absolute Gasteiger partial charge is 0.265 e. The first-order chi connectivity index (χ1) is 13.7. The maximum Gasteiger partial charge on any atom is 0.265 e. The maximum absolute atomic E-state index is 11.9. The number of nitrogens with zero attached hydrogens (tertiary/aromatic N) is 2. The first-order valence-corrected chi connectivity index (χ1v) is 9.62. The maximum atomic E-state index is 11.9. The van der Waals surface area contributed by atoms with Crippen molar-refractivity contribution in [1.82, 2.24) is 14.4 Å². The highest BCUT2D eigenvalue weighted by Crippen LogP contribution is 2.23. The molecule has 3 aromatic carbocycles. The number of carbonyl (C=O) groups is 1. The van der Waals surface area contributed by atoms with Gasteiger partial charge in [-0.05, 0) is 34.9 Å². The van der Waals surface area contributed by atoms with Crippen molar-refractivity contribution in [3.05, 3.63) is 89.7 Å². The summed E-state index contributed by atoms with van der Waals surface area (Å²) >= 11 is 5.48. The number of imidazole rings is 1. The van der Waals surface area contributed by atoms with Crippen molar-refractivity contribution < 1.29 is 4.79 Å². The van der Waals surface area contributed by atoms with Crippen LogP contribution in [0.5, 0.6) is 0 Å². The van der Waals surface area contributed by atoms with Crippen molar-refractivity contribution >= 4 is 28.7 Å². The van der Waals surface area contributed by atoms with Crippen LogP contribution in [0.15, 0.2) is 72.8 Å². The molecular weight excluding hydrogens is 370 g/mol. The summed E-state index contributed by atoms with van der Waals surface area (Å²) in [5.74, 6) is 0.673. The van der Waals surface area contributed by atoms with E-state index in [1.54, 1.807) is 6.07 Å². The Morgan fingerprint density at radius 3 is 2.39 bits per heavy atom. The number of nitrogens with one attached hydrogen (secondary N) is 1. The standard InChI is InChI=1S/C23H20ClN3O/c1-2-22-25-20-13-12-19(23(28)26-24)14-21(20)27(22)15-16-8-10-18(11-9-16)17-6-4-3-5-7-17/h3-14H,2,15H2,1H3,(H,26,28). The van der Waals surface area contributed by atoms with Crippen LogP contribution in [0.25, 0.3) is 22.2 Å². The molecule has 28 heavy (non-hydrogen) atoms. The number of rotatable bonds is 5. The monoisotopic (exact) mass is 389 g/mol. The van der Waals surface area contributed by atoms with E-state index in [0.717, 1.165) is 23.3 Å². The van der Waals surface area contributed by atoms with E-state index in [-0.39, 0.29) is 5.91 Å². The molecule has 0 saturated carbocycles. The second-order valence-electron chi connectivity index (χ2n) is 6.66. The van der Waals surface area contributed by atoms with Crippen LogP contribution in [-0.4, -0.2) is 15.5 Å². The summed E-state index contributed by atoms with van der Waals surface area (Å²) in [6.45, 7) is 2.78. The molecule has 0 atom stereocenters. The third-order valence-electron chi connectivity index (χ3n) is 4.89. The molecule has 1 heterocycles. The lowest BCUT2D eigenvalue weighted by molar-refractivity contribution is 0.0982. The summed E-state index contributed by atoms with van der Waals surface area (Å²) in [6, 6.07) is 24.3. The van der Waals surface area contributed by atoms with Gasteiger partial charge in [-0.25, -0.2) is 4.98 Å². The topological polar surface area (TPSA) is 46.9 Å². The minimum absolute atomic E-state index is 0.318. The van der Waals surface area contributed by atoms with Crippen LogP contribution in [0.3, 0.4) is 0 Å². The fraction of sp³-hybridized carbons (Fsp3) is 0.130. The minimum Gasteiger partial charge on any atom is -0.323 e. The average Bonchev–Trinajstić information content (AvgIpc) is 3.11. The summed E-state index contributed by atoms with van der Waals surface area (Å²) in [7, 11) is 0. The van der Waals surface area contributed by atoms with E-state index in [1.807, 2.05) is 30.3 Å². The quantitative estimate of drug-likeness (QED) is 0.477. The van der Waals surface area contributed by atoms with Crippen molar-refractivity contribution in [2.45, 2.75) is 19.9 Å². The van der Waals surface area contributed by atoms with E-state index < -0.39 is 0 Å². The highest BCUT2D eigenvalue weighted by Gasteiger charge is 2.13. The van der Waals surface area contributed by atoms with Gasteiger partial charge in [0.2, 0.25) is 0 Å². The molecule has 5 heteroatoms. The number of fused-ring (bicyclic) bond motifs is 1. The van der Waals surface area contributed by atoms with Crippen molar-refractivity contribution in [3.63, 3.8) is 0 Å². The first kappa shape index (κ1) is 18.3. The first-order valence-electron chi connectivity index (χ1n) is 9.24. The summed E-state index contributed by atoms with van der Waals surface area (Å²) in [5.41, 5.74) is 5.90. The van der Waals surface area contributed by atoms with Gasteiger partial charge in [-0.15, -0.1) is 0 Å². The fourth-order valence-corrected chi connectivity index (χ4v) is 3.54. The van der Waals surface area contributed by atoms with Crippen molar-refractivity contribution in [2.24, 2.45) is 0 Å². The van der Waals surface area contributed by atoms with Crippen molar-refractivity contribution in [1.29, 1.82) is 0 Å². The molecule has 4 rings (SSSR count). The molecule has 0 spiro atoms. The molecule has 0 fully saturated rings. The van der Waals surface area contributed by atoms with Crippen molar-refractivity contribution in [2.75, 3.05) is 0 Å². The Morgan fingerprint density at radius 1 is 1.00 bits per heavy atom. The van der Waals surface area contributed by atoms with Crippen LogP contribution in [0, 0.1) is 0 Å². The molecule has 0 radical (unpaired) electrons. The Kier molecular flexibility index (Phi) is 5.13. The molecule has 0 bridgehead atoms. The normalized spacial score (nSPS) is 10.9. The van der Waals surface area contributed by atoms with E-state index in [9.17, 15) is 4.79 Å². The predicted octanol–water partition coefficient (Wildman–Crippen LogP) is 5.20. The Balaban J connectivity index is 1.69. The summed E-state index contributed by atoms with van der Waals surface area (Å²) in [5, 5.41) is 0. The van der Waals surface area contributed by atoms with Gasteiger partial charge >= 0.3 is 0 Å². The zero-order valence-electron chi connectivity index (χ0n) is 15.5. The predicted molar refractivity (Wildman–Crippen MR) is 113 cm³/mol. The number of hydrogen-bond acceptors (Lipinski definition) is 2. The lowest BCUT2D eigenvalue weighted by atomic mass is 10.0. The van der Waals surface area contributed by atoms with E-state index >= 15 is 0 Å². The Bertz CT molecular complexity index is 1120. The third-order valence-corrected chi connectivity index (χ3v) is 5.06. The van der Waals surface area contributed by atoms with E-state index in [2.05, 4.69) is 52.7 Å². The zero-order chi connectivity index (χ0) is 19.5. The molecule has 0 unspecified atom stereocenters. The van der Waals surface area contributed by atoms with Gasteiger partial charge in [0.25, 0.3) is 5.91 Å². The van der Waals surface area contributed by atoms with Crippen LogP contribution in [-0.2, 0) is 13.0 Å². The number of aryl methyl sites for hydroxylation is 1. The van der Waals surface area contributed by atoms with E-state index in [0.29, 0.717) is 12.1 Å². The van der Waals surface area contributed by atoms with Gasteiger partial charge in [0.05, 0.1) is 11.0 Å². The van der Waals surface area contributed by atoms with Crippen LogP contribution in [0.2, 0.25) is 0 Å². The van der Waals surface area contributed by atoms with E-state index in [4.69, 9.17) is 16.8 Å². The average molecular weight is 390 g/mol. The Morgan fingerprint density at radius 2 is 1.71 bits per heavy atom. The highest BCUT2D eigenvalue weighted by atomic mass is 35.5. The summed E-state index contributed by atoms with van der Waals surface area (Å²) < 4.78 is 2.16. The van der Waals surface area contributed by atoms with Gasteiger partial charge in [-0.3, -0.25) is 9.63 Å². The lowest BCUT2D eigenvalue weighted by Gasteiger charge is -2.10. The number of carbonyl (C=O) groups excluding carboxylic acids is 1. The molecule has 4 nitrogen and oxygen atoms in total. The molecule has 1 N–H and O–H groups in total. The van der Waals surface area contributed by atoms with Gasteiger partial charge < -0.3 is 4.57 Å². The molecule has 140 valence electrons. The van der Waals surface area contributed by atoms with Gasteiger partial charge in [-0.1, -0.05) is 61.5 Å². The second-order valence-corrected chi connectivity index (χ2v) is 6.85. The highest BCUT2D eigenvalue weighted by molar-refractivity contribution is 6.24. The van der Waals surface area contributed by atoms with Crippen molar-refractivity contribution in [3.8, 4) is 11.1 Å². The number of halogens is 1. The number of aromatic nitrogens is 2. The number of hydrogen-bond donors (Lipinski definition) is 1.